The van der Waals surface area contributed by atoms with Gasteiger partial charge in [0.1, 0.15) is 18.3 Å². The average molecular weight is 951 g/mol. The number of hydrogen-bond acceptors (Lipinski definition) is 11. The number of ether oxygens (including phenoxy) is 7. The molecule has 9 rings (SSSR count). The standard InChI is InChI=1S/C60H54O11/c61-53-52(35-50(40-68-58(62)45-23-10-3-11-24-45)55(70-59(63)46-25-12-4-13-26-46)57(53)71-60(64)47-27-14-5-15-28-47)69-54-49(39-65-36-43-30-31-44-22-16-17-29-48(44)34-43)32-33-51(66-37-41-18-6-1-7-19-41)56(54)67-38-42-20-8-2-9-21-42/h1-34,49-52,54-57H,35-40H2. The first-order chi connectivity index (χ1) is 34.9. The molecule has 7 aromatic carbocycles. The first kappa shape index (κ1) is 48.5. The maximum atomic E-state index is 15.3. The molecule has 2 aliphatic rings. The van der Waals surface area contributed by atoms with Crippen LogP contribution in [0.25, 0.3) is 10.8 Å². The Balaban J connectivity index is 1.06. The minimum absolute atomic E-state index is 0.0845. The van der Waals surface area contributed by atoms with Crippen LogP contribution in [0.5, 0.6) is 0 Å². The van der Waals surface area contributed by atoms with E-state index in [1.54, 1.807) is 91.0 Å². The molecule has 71 heavy (non-hydrogen) atoms. The van der Waals surface area contributed by atoms with Crippen molar-refractivity contribution in [1.29, 1.82) is 0 Å². The maximum Gasteiger partial charge on any atom is 0.338 e. The van der Waals surface area contributed by atoms with Gasteiger partial charge in [-0.1, -0.05) is 164 Å². The van der Waals surface area contributed by atoms with E-state index in [1.165, 1.54) is 0 Å². The number of Topliss-reactive ketones (excluding diaryl/α,β-unsaturated/α-hetero) is 1. The molecule has 0 bridgehead atoms. The Labute approximate surface area is 412 Å². The Bertz CT molecular complexity index is 2880. The molecule has 8 unspecified atom stereocenters. The molecule has 360 valence electrons. The number of hydrogen-bond donors (Lipinski definition) is 0. The summed E-state index contributed by atoms with van der Waals surface area (Å²) in [4.78, 5) is 56.7. The molecule has 0 aliphatic heterocycles. The summed E-state index contributed by atoms with van der Waals surface area (Å²) in [7, 11) is 0. The number of carbonyl (C=O) groups is 4. The topological polar surface area (TPSA) is 133 Å². The van der Waals surface area contributed by atoms with Crippen molar-refractivity contribution in [1.82, 2.24) is 0 Å². The quantitative estimate of drug-likeness (QED) is 0.0436. The molecule has 1 saturated carbocycles. The van der Waals surface area contributed by atoms with Gasteiger partial charge in [0.2, 0.25) is 5.78 Å². The fourth-order valence-corrected chi connectivity index (χ4v) is 8.99. The van der Waals surface area contributed by atoms with Crippen molar-refractivity contribution in [2.45, 2.75) is 62.9 Å². The molecule has 0 radical (unpaired) electrons. The van der Waals surface area contributed by atoms with Crippen LogP contribution < -0.4 is 0 Å². The lowest BCUT2D eigenvalue weighted by molar-refractivity contribution is -0.196. The van der Waals surface area contributed by atoms with Gasteiger partial charge < -0.3 is 33.2 Å². The molecule has 0 aromatic heterocycles. The molecule has 0 heterocycles. The lowest BCUT2D eigenvalue weighted by Crippen LogP contribution is -2.58. The highest BCUT2D eigenvalue weighted by molar-refractivity contribution is 5.96. The molecule has 1 fully saturated rings. The summed E-state index contributed by atoms with van der Waals surface area (Å²) in [5.41, 5.74) is 3.55. The van der Waals surface area contributed by atoms with Gasteiger partial charge in [0.15, 0.2) is 12.2 Å². The Hall–Kier alpha value is -7.54. The van der Waals surface area contributed by atoms with Crippen molar-refractivity contribution < 1.29 is 52.3 Å². The van der Waals surface area contributed by atoms with E-state index in [1.807, 2.05) is 91.0 Å². The largest absolute Gasteiger partial charge is 0.462 e. The van der Waals surface area contributed by atoms with E-state index >= 15 is 4.79 Å². The van der Waals surface area contributed by atoms with E-state index < -0.39 is 72.2 Å². The molecular formula is C60H54O11. The van der Waals surface area contributed by atoms with Crippen LogP contribution in [0, 0.1) is 11.8 Å². The molecule has 0 saturated heterocycles. The third-order valence-corrected chi connectivity index (χ3v) is 12.7. The summed E-state index contributed by atoms with van der Waals surface area (Å²) < 4.78 is 45.3. The highest BCUT2D eigenvalue weighted by Gasteiger charge is 2.52. The van der Waals surface area contributed by atoms with Crippen LogP contribution in [0.3, 0.4) is 0 Å². The molecule has 0 amide bonds. The summed E-state index contributed by atoms with van der Waals surface area (Å²) in [5, 5.41) is 2.21. The van der Waals surface area contributed by atoms with Gasteiger partial charge in [-0.3, -0.25) is 4.79 Å². The predicted molar refractivity (Wildman–Crippen MR) is 266 cm³/mol. The molecule has 11 nitrogen and oxygen atoms in total. The molecule has 0 spiro atoms. The van der Waals surface area contributed by atoms with Gasteiger partial charge in [-0.2, -0.15) is 0 Å². The number of carbonyl (C=O) groups excluding carboxylic acids is 4. The number of benzene rings is 7. The number of esters is 3. The Morgan fingerprint density at radius 2 is 1.00 bits per heavy atom. The zero-order chi connectivity index (χ0) is 48.8. The van der Waals surface area contributed by atoms with Crippen molar-refractivity contribution in [2.24, 2.45) is 11.8 Å². The predicted octanol–water partition coefficient (Wildman–Crippen LogP) is 10.4. The van der Waals surface area contributed by atoms with E-state index in [4.69, 9.17) is 33.2 Å². The molecule has 2 aliphatic carbocycles. The van der Waals surface area contributed by atoms with Gasteiger partial charge in [-0.25, -0.2) is 14.4 Å². The smallest absolute Gasteiger partial charge is 0.338 e. The Morgan fingerprint density at radius 1 is 0.465 bits per heavy atom. The molecule has 0 N–H and O–H groups in total. The van der Waals surface area contributed by atoms with Crippen LogP contribution in [-0.2, 0) is 57.8 Å². The van der Waals surface area contributed by atoms with Crippen LogP contribution >= 0.6 is 0 Å². The van der Waals surface area contributed by atoms with E-state index in [0.717, 1.165) is 27.5 Å². The first-order valence-electron chi connectivity index (χ1n) is 23.8. The van der Waals surface area contributed by atoms with Gasteiger partial charge in [0.05, 0.1) is 55.8 Å². The summed E-state index contributed by atoms with van der Waals surface area (Å²) in [5.74, 6) is -4.21. The minimum atomic E-state index is -1.68. The summed E-state index contributed by atoms with van der Waals surface area (Å²) in [6.07, 6.45) is -2.81. The highest BCUT2D eigenvalue weighted by atomic mass is 16.6. The fourth-order valence-electron chi connectivity index (χ4n) is 8.99. The third-order valence-electron chi connectivity index (χ3n) is 12.7. The fraction of sp³-hybridized carbons (Fsp3) is 0.233. The molecule has 11 heteroatoms. The Morgan fingerprint density at radius 3 is 1.62 bits per heavy atom. The highest BCUT2D eigenvalue weighted by Crippen LogP contribution is 2.36. The first-order valence-corrected chi connectivity index (χ1v) is 23.8. The van der Waals surface area contributed by atoms with Gasteiger partial charge >= 0.3 is 17.9 Å². The molecule has 7 aromatic rings. The summed E-state index contributed by atoms with van der Waals surface area (Å²) in [6.45, 7) is 0.620. The number of ketones is 1. The average Bonchev–Trinajstić information content (AvgIpc) is 3.42. The number of fused-ring (bicyclic) bond motifs is 1. The van der Waals surface area contributed by atoms with Crippen molar-refractivity contribution in [3.05, 3.63) is 240 Å². The van der Waals surface area contributed by atoms with Gasteiger partial charge in [-0.15, -0.1) is 0 Å². The second kappa shape index (κ2) is 23.9. The second-order valence-electron chi connectivity index (χ2n) is 17.6. The summed E-state index contributed by atoms with van der Waals surface area (Å²) in [6, 6.07) is 58.9. The third kappa shape index (κ3) is 12.6. The van der Waals surface area contributed by atoms with E-state index in [9.17, 15) is 14.4 Å². The zero-order valence-electron chi connectivity index (χ0n) is 39.0. The second-order valence-corrected chi connectivity index (χ2v) is 17.6. The van der Waals surface area contributed by atoms with Crippen molar-refractivity contribution in [2.75, 3.05) is 13.2 Å². The maximum absolute atomic E-state index is 15.3. The van der Waals surface area contributed by atoms with Crippen LogP contribution in [0.15, 0.2) is 206 Å². The lowest BCUT2D eigenvalue weighted by Gasteiger charge is -2.44. The minimum Gasteiger partial charge on any atom is -0.462 e. The SMILES string of the molecule is O=C(OCC1CC(OC2C(COCc3ccc4ccccc4c3)C=CC(OCc3ccccc3)C2OCc2ccccc2)C(=O)C(OC(=O)c2ccccc2)C1OC(=O)c1ccccc1)c1ccccc1. The van der Waals surface area contributed by atoms with Crippen molar-refractivity contribution in [3.63, 3.8) is 0 Å². The zero-order valence-corrected chi connectivity index (χ0v) is 39.0. The van der Waals surface area contributed by atoms with E-state index in [2.05, 4.69) is 24.3 Å². The monoisotopic (exact) mass is 950 g/mol. The summed E-state index contributed by atoms with van der Waals surface area (Å²) >= 11 is 0. The van der Waals surface area contributed by atoms with E-state index in [-0.39, 0.29) is 44.0 Å². The van der Waals surface area contributed by atoms with Crippen LogP contribution in [0.4, 0.5) is 0 Å². The van der Waals surface area contributed by atoms with Gasteiger partial charge in [0.25, 0.3) is 0 Å². The normalized spacial score (nSPS) is 21.8. The van der Waals surface area contributed by atoms with Crippen molar-refractivity contribution in [3.8, 4) is 0 Å². The van der Waals surface area contributed by atoms with Crippen LogP contribution in [0.2, 0.25) is 0 Å². The van der Waals surface area contributed by atoms with Crippen LogP contribution in [-0.4, -0.2) is 73.5 Å². The molecule has 8 atom stereocenters. The molecular weight excluding hydrogens is 897 g/mol. The Kier molecular flexibility index (Phi) is 16.3. The lowest BCUT2D eigenvalue weighted by atomic mass is 9.80. The van der Waals surface area contributed by atoms with Gasteiger partial charge in [0, 0.05) is 11.8 Å². The van der Waals surface area contributed by atoms with Gasteiger partial charge in [-0.05, 0) is 76.3 Å². The van der Waals surface area contributed by atoms with Crippen molar-refractivity contribution >= 4 is 34.5 Å². The number of rotatable bonds is 19. The van der Waals surface area contributed by atoms with Crippen LogP contribution in [0.1, 0.15) is 54.2 Å². The van der Waals surface area contributed by atoms with E-state index in [0.29, 0.717) is 12.2 Å².